The molecule has 0 radical (unpaired) electrons. The fourth-order valence-corrected chi connectivity index (χ4v) is 4.64. The van der Waals surface area contributed by atoms with E-state index in [4.69, 9.17) is 9.72 Å². The van der Waals surface area contributed by atoms with Gasteiger partial charge in [-0.25, -0.2) is 0 Å². The zero-order valence-corrected chi connectivity index (χ0v) is 16.1. The molecule has 0 bridgehead atoms. The highest BCUT2D eigenvalue weighted by atomic mass is 32.2. The van der Waals surface area contributed by atoms with Crippen LogP contribution in [0, 0.1) is 0 Å². The Morgan fingerprint density at radius 2 is 1.89 bits per heavy atom. The lowest BCUT2D eigenvalue weighted by Crippen LogP contribution is -2.15. The molecule has 4 nitrogen and oxygen atoms in total. The van der Waals surface area contributed by atoms with Gasteiger partial charge in [-0.15, -0.1) is 11.8 Å². The molecule has 0 atom stereocenters. The lowest BCUT2D eigenvalue weighted by Gasteiger charge is -2.20. The Kier molecular flexibility index (Phi) is 5.30. The van der Waals surface area contributed by atoms with Crippen LogP contribution in [0.25, 0.3) is 10.9 Å². The number of fused-ring (bicyclic) bond motifs is 2. The van der Waals surface area contributed by atoms with E-state index in [0.29, 0.717) is 17.2 Å². The number of nitrogens with zero attached hydrogens (tertiary/aromatic N) is 1. The van der Waals surface area contributed by atoms with Crippen molar-refractivity contribution in [2.45, 2.75) is 30.6 Å². The number of methoxy groups -OCH3 is 1. The molecule has 2 aromatic carbocycles. The summed E-state index contributed by atoms with van der Waals surface area (Å²) >= 11 is 1.61. The normalized spacial score (nSPS) is 13.2. The van der Waals surface area contributed by atoms with Crippen molar-refractivity contribution >= 4 is 34.3 Å². The summed E-state index contributed by atoms with van der Waals surface area (Å²) in [5.74, 6) is 0.996. The van der Waals surface area contributed by atoms with Gasteiger partial charge in [-0.05, 0) is 49.4 Å². The molecule has 1 amide bonds. The van der Waals surface area contributed by atoms with E-state index in [1.54, 1.807) is 18.9 Å². The van der Waals surface area contributed by atoms with Gasteiger partial charge >= 0.3 is 0 Å². The van der Waals surface area contributed by atoms with Crippen molar-refractivity contribution in [2.24, 2.45) is 0 Å². The number of amides is 1. The summed E-state index contributed by atoms with van der Waals surface area (Å²) < 4.78 is 5.31. The first-order chi connectivity index (χ1) is 13.3. The molecule has 1 aromatic heterocycles. The molecule has 5 heteroatoms. The van der Waals surface area contributed by atoms with Gasteiger partial charge < -0.3 is 10.1 Å². The number of nitrogens with one attached hydrogen (secondary N) is 1. The summed E-state index contributed by atoms with van der Waals surface area (Å²) in [4.78, 5) is 18.6. The Bertz CT molecular complexity index is 987. The van der Waals surface area contributed by atoms with E-state index < -0.39 is 0 Å². The summed E-state index contributed by atoms with van der Waals surface area (Å²) in [7, 11) is 1.61. The Morgan fingerprint density at radius 3 is 2.78 bits per heavy atom. The van der Waals surface area contributed by atoms with Crippen LogP contribution in [0.2, 0.25) is 0 Å². The number of hydrogen-bond donors (Lipinski definition) is 1. The second-order valence-electron chi connectivity index (χ2n) is 6.63. The standard InChI is InChI=1S/C22H22N2O2S/c1-26-20-13-7-6-12-19(20)24-21(25)14-27-22-15-8-2-4-10-17(15)23-18-11-5-3-9-16(18)22/h2,4,6-8,10,12-13H,3,5,9,11,14H2,1H3,(H,24,25). The maximum atomic E-state index is 12.6. The van der Waals surface area contributed by atoms with Crippen molar-refractivity contribution in [3.63, 3.8) is 0 Å². The number of anilines is 1. The first-order valence-corrected chi connectivity index (χ1v) is 10.2. The van der Waals surface area contributed by atoms with Crippen molar-refractivity contribution < 1.29 is 9.53 Å². The van der Waals surface area contributed by atoms with E-state index in [1.165, 1.54) is 29.0 Å². The van der Waals surface area contributed by atoms with Gasteiger partial charge in [-0.1, -0.05) is 30.3 Å². The van der Waals surface area contributed by atoms with Gasteiger partial charge in [-0.3, -0.25) is 9.78 Å². The van der Waals surface area contributed by atoms with Crippen LogP contribution in [-0.4, -0.2) is 23.8 Å². The molecular formula is C22H22N2O2S. The number of ether oxygens (including phenoxy) is 1. The first-order valence-electron chi connectivity index (χ1n) is 9.22. The van der Waals surface area contributed by atoms with Crippen molar-refractivity contribution in [1.29, 1.82) is 0 Å². The highest BCUT2D eigenvalue weighted by Crippen LogP contribution is 2.36. The highest BCUT2D eigenvalue weighted by molar-refractivity contribution is 8.00. The number of aromatic nitrogens is 1. The predicted octanol–water partition coefficient (Wildman–Crippen LogP) is 4.85. The number of aryl methyl sites for hydroxylation is 1. The summed E-state index contributed by atoms with van der Waals surface area (Å²) in [5, 5.41) is 4.11. The molecule has 138 valence electrons. The van der Waals surface area contributed by atoms with Crippen LogP contribution < -0.4 is 10.1 Å². The minimum absolute atomic E-state index is 0.0325. The third-order valence-electron chi connectivity index (χ3n) is 4.85. The number of carbonyl (C=O) groups excluding carboxylic acids is 1. The fourth-order valence-electron chi connectivity index (χ4n) is 3.57. The smallest absolute Gasteiger partial charge is 0.234 e. The van der Waals surface area contributed by atoms with Crippen LogP contribution in [0.1, 0.15) is 24.1 Å². The Morgan fingerprint density at radius 1 is 1.11 bits per heavy atom. The summed E-state index contributed by atoms with van der Waals surface area (Å²) in [5.41, 5.74) is 4.25. The third-order valence-corrected chi connectivity index (χ3v) is 6.01. The minimum atomic E-state index is -0.0325. The monoisotopic (exact) mass is 378 g/mol. The molecule has 0 fully saturated rings. The molecule has 1 aliphatic rings. The van der Waals surface area contributed by atoms with Crippen LogP contribution in [0.5, 0.6) is 5.75 Å². The number of hydrogen-bond acceptors (Lipinski definition) is 4. The average Bonchev–Trinajstić information content (AvgIpc) is 2.71. The van der Waals surface area contributed by atoms with E-state index in [9.17, 15) is 4.79 Å². The van der Waals surface area contributed by atoms with Crippen molar-refractivity contribution in [3.8, 4) is 5.75 Å². The largest absolute Gasteiger partial charge is 0.495 e. The second-order valence-corrected chi connectivity index (χ2v) is 7.61. The molecule has 0 aliphatic heterocycles. The fraction of sp³-hybridized carbons (Fsp3) is 0.273. The van der Waals surface area contributed by atoms with Crippen LogP contribution >= 0.6 is 11.8 Å². The Hall–Kier alpha value is -2.53. The van der Waals surface area contributed by atoms with Gasteiger partial charge in [0.15, 0.2) is 0 Å². The molecule has 27 heavy (non-hydrogen) atoms. The molecule has 1 heterocycles. The van der Waals surface area contributed by atoms with Crippen molar-refractivity contribution in [2.75, 3.05) is 18.2 Å². The van der Waals surface area contributed by atoms with Gasteiger partial charge in [0.05, 0.1) is 24.1 Å². The van der Waals surface area contributed by atoms with E-state index in [2.05, 4.69) is 17.4 Å². The molecule has 0 saturated heterocycles. The zero-order valence-electron chi connectivity index (χ0n) is 15.3. The maximum Gasteiger partial charge on any atom is 0.234 e. The van der Waals surface area contributed by atoms with Gasteiger partial charge in [0.25, 0.3) is 0 Å². The average molecular weight is 378 g/mol. The van der Waals surface area contributed by atoms with Crippen LogP contribution in [0.3, 0.4) is 0 Å². The summed E-state index contributed by atoms with van der Waals surface area (Å²) in [6, 6.07) is 15.7. The number of carbonyl (C=O) groups is 1. The SMILES string of the molecule is COc1ccccc1NC(=O)CSc1c2c(nc3ccccc13)CCCC2. The van der Waals surface area contributed by atoms with E-state index in [-0.39, 0.29) is 5.91 Å². The van der Waals surface area contributed by atoms with Gasteiger partial charge in [0, 0.05) is 16.0 Å². The van der Waals surface area contributed by atoms with Crippen molar-refractivity contribution in [1.82, 2.24) is 4.98 Å². The molecule has 1 aliphatic carbocycles. The molecule has 1 N–H and O–H groups in total. The second kappa shape index (κ2) is 8.01. The van der Waals surface area contributed by atoms with E-state index in [0.717, 1.165) is 23.7 Å². The quantitative estimate of drug-likeness (QED) is 0.645. The summed E-state index contributed by atoms with van der Waals surface area (Å²) in [6.45, 7) is 0. The molecule has 4 rings (SSSR count). The van der Waals surface area contributed by atoms with E-state index >= 15 is 0 Å². The molecule has 3 aromatic rings. The number of benzene rings is 2. The van der Waals surface area contributed by atoms with Crippen LogP contribution in [0.4, 0.5) is 5.69 Å². The predicted molar refractivity (Wildman–Crippen MR) is 111 cm³/mol. The van der Waals surface area contributed by atoms with E-state index in [1.807, 2.05) is 36.4 Å². The highest BCUT2D eigenvalue weighted by Gasteiger charge is 2.19. The topological polar surface area (TPSA) is 51.2 Å². The van der Waals surface area contributed by atoms with Crippen LogP contribution in [0.15, 0.2) is 53.4 Å². The maximum absolute atomic E-state index is 12.6. The number of rotatable bonds is 5. The van der Waals surface area contributed by atoms with Crippen molar-refractivity contribution in [3.05, 3.63) is 59.8 Å². The van der Waals surface area contributed by atoms with Gasteiger partial charge in [0.2, 0.25) is 5.91 Å². The van der Waals surface area contributed by atoms with Gasteiger partial charge in [-0.2, -0.15) is 0 Å². The molecule has 0 unspecified atom stereocenters. The lowest BCUT2D eigenvalue weighted by molar-refractivity contribution is -0.113. The number of para-hydroxylation sites is 3. The third kappa shape index (κ3) is 3.78. The number of thioether (sulfide) groups is 1. The molecule has 0 spiro atoms. The Labute approximate surface area is 163 Å². The van der Waals surface area contributed by atoms with Gasteiger partial charge in [0.1, 0.15) is 5.75 Å². The lowest BCUT2D eigenvalue weighted by atomic mass is 9.94. The van der Waals surface area contributed by atoms with Crippen LogP contribution in [-0.2, 0) is 17.6 Å². The first kappa shape index (κ1) is 17.9. The summed E-state index contributed by atoms with van der Waals surface area (Å²) in [6.07, 6.45) is 4.45. The Balaban J connectivity index is 1.57. The minimum Gasteiger partial charge on any atom is -0.495 e. The zero-order chi connectivity index (χ0) is 18.6. The molecule has 0 saturated carbocycles. The molecular weight excluding hydrogens is 356 g/mol. The number of pyridine rings is 1.